The summed E-state index contributed by atoms with van der Waals surface area (Å²) in [5.41, 5.74) is 7.04. The molecule has 1 aliphatic heterocycles. The van der Waals surface area contributed by atoms with Gasteiger partial charge in [-0.1, -0.05) is 17.7 Å². The fourth-order valence-corrected chi connectivity index (χ4v) is 4.08. The van der Waals surface area contributed by atoms with Crippen molar-refractivity contribution in [2.24, 2.45) is 5.10 Å². The van der Waals surface area contributed by atoms with Gasteiger partial charge in [0.05, 0.1) is 27.5 Å². The highest BCUT2D eigenvalue weighted by molar-refractivity contribution is 14.1. The molecule has 0 unspecified atom stereocenters. The quantitative estimate of drug-likeness (QED) is 0.334. The maximum absolute atomic E-state index is 12.4. The van der Waals surface area contributed by atoms with Gasteiger partial charge in [0.1, 0.15) is 5.75 Å². The maximum Gasteiger partial charge on any atom is 0.271 e. The number of rotatable bonds is 4. The highest BCUT2D eigenvalue weighted by atomic mass is 127. The monoisotopic (exact) mass is 523 g/mol. The van der Waals surface area contributed by atoms with Crippen molar-refractivity contribution in [3.05, 3.63) is 61.7 Å². The number of likely N-dealkylation sites (N-methyl/N-ethyl adjacent to an activating group) is 1. The number of fused-ring (bicyclic) bond motifs is 1. The lowest BCUT2D eigenvalue weighted by Gasteiger charge is -2.40. The second-order valence-electron chi connectivity index (χ2n) is 7.48. The van der Waals surface area contributed by atoms with E-state index in [0.29, 0.717) is 16.3 Å². The highest BCUT2D eigenvalue weighted by Gasteiger charge is 2.29. The number of anilines is 1. The summed E-state index contributed by atoms with van der Waals surface area (Å²) in [4.78, 5) is 14.6. The minimum Gasteiger partial charge on any atom is -0.496 e. The Balaban J connectivity index is 1.82. The van der Waals surface area contributed by atoms with Crippen LogP contribution in [0.3, 0.4) is 0 Å². The van der Waals surface area contributed by atoms with Crippen molar-refractivity contribution in [3.8, 4) is 5.75 Å². The van der Waals surface area contributed by atoms with Crippen LogP contribution in [0.2, 0.25) is 5.02 Å². The van der Waals surface area contributed by atoms with Crippen molar-refractivity contribution in [2.45, 2.75) is 26.3 Å². The first kappa shape index (κ1) is 21.6. The van der Waals surface area contributed by atoms with Crippen LogP contribution in [0.1, 0.15) is 42.3 Å². The molecule has 0 aliphatic carbocycles. The molecular weight excluding hydrogens is 501 g/mol. The zero-order chi connectivity index (χ0) is 21.3. The van der Waals surface area contributed by atoms with Crippen LogP contribution < -0.4 is 15.1 Å². The van der Waals surface area contributed by atoms with Crippen LogP contribution in [0, 0.1) is 3.57 Å². The summed E-state index contributed by atoms with van der Waals surface area (Å²) in [5, 5.41) is 4.67. The van der Waals surface area contributed by atoms with E-state index in [1.807, 2.05) is 18.2 Å². The predicted molar refractivity (Wildman–Crippen MR) is 128 cm³/mol. The predicted octanol–water partition coefficient (Wildman–Crippen LogP) is 5.35. The van der Waals surface area contributed by atoms with Crippen LogP contribution in [0.15, 0.2) is 41.5 Å². The van der Waals surface area contributed by atoms with Crippen LogP contribution in [0.25, 0.3) is 5.57 Å². The van der Waals surface area contributed by atoms with E-state index >= 15 is 0 Å². The molecule has 5 nitrogen and oxygen atoms in total. The molecule has 1 amide bonds. The van der Waals surface area contributed by atoms with Gasteiger partial charge in [-0.15, -0.1) is 0 Å². The number of nitrogens with one attached hydrogen (secondary N) is 1. The first-order valence-electron chi connectivity index (χ1n) is 9.08. The zero-order valence-corrected chi connectivity index (χ0v) is 19.9. The van der Waals surface area contributed by atoms with Crippen molar-refractivity contribution in [2.75, 3.05) is 19.1 Å². The summed E-state index contributed by atoms with van der Waals surface area (Å²) < 4.78 is 6.19. The molecule has 1 N–H and O–H groups in total. The Labute approximate surface area is 189 Å². The third-order valence-electron chi connectivity index (χ3n) is 5.12. The van der Waals surface area contributed by atoms with Gasteiger partial charge < -0.3 is 9.64 Å². The van der Waals surface area contributed by atoms with Crippen molar-refractivity contribution in [1.82, 2.24) is 5.43 Å². The summed E-state index contributed by atoms with van der Waals surface area (Å²) in [6.45, 7) is 6.42. The minimum atomic E-state index is -0.317. The van der Waals surface area contributed by atoms with Crippen LogP contribution in [-0.4, -0.2) is 31.8 Å². The van der Waals surface area contributed by atoms with Crippen LogP contribution in [0.5, 0.6) is 5.75 Å². The highest BCUT2D eigenvalue weighted by Crippen LogP contribution is 2.40. The number of allylic oxidation sites excluding steroid dienone is 1. The average molecular weight is 524 g/mol. The summed E-state index contributed by atoms with van der Waals surface area (Å²) in [6, 6.07) is 9.18. The maximum atomic E-state index is 12.4. The van der Waals surface area contributed by atoms with Crippen LogP contribution in [0.4, 0.5) is 5.69 Å². The molecule has 0 aromatic heterocycles. The molecule has 7 heteroatoms. The van der Waals surface area contributed by atoms with E-state index < -0.39 is 0 Å². The second-order valence-corrected chi connectivity index (χ2v) is 9.05. The van der Waals surface area contributed by atoms with Crippen LogP contribution >= 0.6 is 34.2 Å². The van der Waals surface area contributed by atoms with Gasteiger partial charge in [0, 0.05) is 29.4 Å². The number of halogens is 2. The van der Waals surface area contributed by atoms with Gasteiger partial charge in [0.25, 0.3) is 5.91 Å². The first-order valence-corrected chi connectivity index (χ1v) is 10.5. The first-order chi connectivity index (χ1) is 13.6. The molecule has 3 rings (SSSR count). The summed E-state index contributed by atoms with van der Waals surface area (Å²) in [7, 11) is 3.63. The summed E-state index contributed by atoms with van der Waals surface area (Å²) in [5.74, 6) is 0.330. The van der Waals surface area contributed by atoms with Crippen molar-refractivity contribution in [3.63, 3.8) is 0 Å². The minimum absolute atomic E-state index is 0.0848. The Bertz CT molecular complexity index is 1030. The summed E-state index contributed by atoms with van der Waals surface area (Å²) in [6.07, 6.45) is 3.80. The van der Waals surface area contributed by atoms with Gasteiger partial charge in [-0.3, -0.25) is 4.79 Å². The van der Waals surface area contributed by atoms with E-state index in [4.69, 9.17) is 16.3 Å². The van der Waals surface area contributed by atoms with Gasteiger partial charge in [0.2, 0.25) is 0 Å². The average Bonchev–Trinajstić information content (AvgIpc) is 2.67. The number of amides is 1. The van der Waals surface area contributed by atoms with Gasteiger partial charge in [-0.05, 0) is 79.3 Å². The number of hydrazone groups is 1. The number of hydrogen-bond acceptors (Lipinski definition) is 4. The van der Waals surface area contributed by atoms with E-state index in [-0.39, 0.29) is 11.4 Å². The molecule has 2 aromatic carbocycles. The normalized spacial score (nSPS) is 15.1. The Hall–Kier alpha value is -2.06. The Morgan fingerprint density at radius 2 is 2.03 bits per heavy atom. The van der Waals surface area contributed by atoms with Gasteiger partial charge in [-0.25, -0.2) is 5.43 Å². The van der Waals surface area contributed by atoms with Gasteiger partial charge in [0.15, 0.2) is 0 Å². The Morgan fingerprint density at radius 3 is 2.72 bits per heavy atom. The molecule has 0 spiro atoms. The fourth-order valence-electron chi connectivity index (χ4n) is 3.31. The number of ether oxygens (including phenoxy) is 1. The molecule has 152 valence electrons. The van der Waals surface area contributed by atoms with E-state index in [0.717, 1.165) is 20.4 Å². The smallest absolute Gasteiger partial charge is 0.271 e. The lowest BCUT2D eigenvalue weighted by Crippen LogP contribution is -2.42. The third-order valence-corrected chi connectivity index (χ3v) is 6.34. The largest absolute Gasteiger partial charge is 0.496 e. The van der Waals surface area contributed by atoms with Crippen molar-refractivity contribution < 1.29 is 9.53 Å². The number of nitrogens with zero attached hydrogens (tertiary/aromatic N) is 2. The molecule has 29 heavy (non-hydrogen) atoms. The molecule has 0 atom stereocenters. The molecule has 0 saturated heterocycles. The standard InChI is InChI=1S/C22H23ClIN3O2/c1-13-11-22(2,3)27(4)19-10-17(23)15(8-16(13)19)12-25-26-21(28)14-6-7-18(24)20(9-14)29-5/h6-12H,1-5H3,(H,26,28)/b25-12-. The Morgan fingerprint density at radius 1 is 1.31 bits per heavy atom. The second kappa shape index (κ2) is 8.36. The third kappa shape index (κ3) is 4.43. The van der Waals surface area contributed by atoms with Gasteiger partial charge in [-0.2, -0.15) is 5.10 Å². The zero-order valence-electron chi connectivity index (χ0n) is 17.0. The molecule has 0 fully saturated rings. The van der Waals surface area contributed by atoms with E-state index in [1.165, 1.54) is 5.57 Å². The SMILES string of the molecule is COc1cc(C(=O)N/N=C\c2cc3c(cc2Cl)N(C)C(C)(C)C=C3C)ccc1I. The summed E-state index contributed by atoms with van der Waals surface area (Å²) >= 11 is 8.64. The fraction of sp³-hybridized carbons (Fsp3) is 0.273. The number of carbonyl (C=O) groups is 1. The molecule has 2 aromatic rings. The van der Waals surface area contributed by atoms with E-state index in [9.17, 15) is 4.79 Å². The molecular formula is C22H23ClIN3O2. The number of benzene rings is 2. The van der Waals surface area contributed by atoms with Crippen molar-refractivity contribution in [1.29, 1.82) is 0 Å². The molecule has 1 aliphatic rings. The lowest BCUT2D eigenvalue weighted by atomic mass is 9.88. The molecule has 0 radical (unpaired) electrons. The van der Waals surface area contributed by atoms with Crippen LogP contribution in [-0.2, 0) is 0 Å². The molecule has 0 bridgehead atoms. The van der Waals surface area contributed by atoms with Gasteiger partial charge >= 0.3 is 0 Å². The van der Waals surface area contributed by atoms with E-state index in [2.05, 4.69) is 71.9 Å². The lowest BCUT2D eigenvalue weighted by molar-refractivity contribution is 0.0954. The molecule has 1 heterocycles. The number of methoxy groups -OCH3 is 1. The number of hydrogen-bond donors (Lipinski definition) is 1. The topological polar surface area (TPSA) is 53.9 Å². The van der Waals surface area contributed by atoms with Crippen molar-refractivity contribution >= 4 is 57.6 Å². The molecule has 0 saturated carbocycles. The Kier molecular flexibility index (Phi) is 6.24. The van der Waals surface area contributed by atoms with E-state index in [1.54, 1.807) is 25.5 Å². The number of carbonyl (C=O) groups excluding carboxylic acids is 1.